The Morgan fingerprint density at radius 2 is 2.33 bits per heavy atom. The Morgan fingerprint density at radius 1 is 1.53 bits per heavy atom. The van der Waals surface area contributed by atoms with E-state index in [4.69, 9.17) is 4.74 Å². The summed E-state index contributed by atoms with van der Waals surface area (Å²) in [6.45, 7) is 2.55. The maximum absolute atomic E-state index is 11.3. The topological polar surface area (TPSA) is 38.3 Å². The lowest BCUT2D eigenvalue weighted by molar-refractivity contribution is -0.115. The Morgan fingerprint density at radius 3 is 3.00 bits per heavy atom. The number of benzene rings is 1. The van der Waals surface area contributed by atoms with Crippen molar-refractivity contribution >= 4 is 27.5 Å². The minimum absolute atomic E-state index is 0.000485. The number of carbonyl (C=O) groups is 1. The first-order chi connectivity index (χ1) is 7.26. The average Bonchev–Trinajstić information content (AvgIpc) is 2.19. The second-order valence-corrected chi connectivity index (χ2v) is 3.74. The third-order valence-electron chi connectivity index (χ3n) is 1.75. The van der Waals surface area contributed by atoms with E-state index >= 15 is 0 Å². The Balaban J connectivity index is 2.60. The highest BCUT2D eigenvalue weighted by Crippen LogP contribution is 2.17. The molecule has 0 spiro atoms. The van der Waals surface area contributed by atoms with Crippen LogP contribution < -0.4 is 10.1 Å². The molecule has 0 aliphatic carbocycles. The number of halogens is 1. The number of carbonyl (C=O) groups excluding carboxylic acids is 1. The van der Waals surface area contributed by atoms with Gasteiger partial charge in [-0.15, -0.1) is 0 Å². The van der Waals surface area contributed by atoms with Crippen LogP contribution in [0.2, 0.25) is 0 Å². The molecule has 15 heavy (non-hydrogen) atoms. The third kappa shape index (κ3) is 4.34. The first-order valence-corrected chi connectivity index (χ1v) is 5.97. The van der Waals surface area contributed by atoms with E-state index in [1.54, 1.807) is 0 Å². The quantitative estimate of drug-likeness (QED) is 0.837. The van der Waals surface area contributed by atoms with Crippen molar-refractivity contribution in [3.8, 4) is 5.75 Å². The predicted molar refractivity (Wildman–Crippen MR) is 64.7 cm³/mol. The molecule has 1 rings (SSSR count). The molecule has 0 heterocycles. The molecule has 0 aromatic heterocycles. The SMILES string of the molecule is CCOc1cccc(NC(=O)CCBr)c1. The van der Waals surface area contributed by atoms with Gasteiger partial charge in [0.05, 0.1) is 6.61 Å². The molecule has 0 saturated heterocycles. The molecule has 0 unspecified atom stereocenters. The number of rotatable bonds is 5. The van der Waals surface area contributed by atoms with E-state index in [2.05, 4.69) is 21.2 Å². The summed E-state index contributed by atoms with van der Waals surface area (Å²) >= 11 is 3.22. The van der Waals surface area contributed by atoms with Gasteiger partial charge in [0.15, 0.2) is 0 Å². The van der Waals surface area contributed by atoms with Gasteiger partial charge in [0.1, 0.15) is 5.75 Å². The number of hydrogen-bond acceptors (Lipinski definition) is 2. The summed E-state index contributed by atoms with van der Waals surface area (Å²) < 4.78 is 5.33. The van der Waals surface area contributed by atoms with Crippen LogP contribution >= 0.6 is 15.9 Å². The first kappa shape index (κ1) is 12.0. The molecule has 1 aromatic carbocycles. The van der Waals surface area contributed by atoms with Crippen molar-refractivity contribution in [3.63, 3.8) is 0 Å². The first-order valence-electron chi connectivity index (χ1n) is 4.85. The van der Waals surface area contributed by atoms with Gasteiger partial charge in [-0.1, -0.05) is 22.0 Å². The molecule has 82 valence electrons. The maximum Gasteiger partial charge on any atom is 0.225 e. The highest BCUT2D eigenvalue weighted by Gasteiger charge is 2.01. The van der Waals surface area contributed by atoms with Gasteiger partial charge in [0.2, 0.25) is 5.91 Å². The minimum Gasteiger partial charge on any atom is -0.494 e. The lowest BCUT2D eigenvalue weighted by Gasteiger charge is -2.07. The van der Waals surface area contributed by atoms with Crippen molar-refractivity contribution in [2.24, 2.45) is 0 Å². The molecule has 3 nitrogen and oxygen atoms in total. The number of alkyl halides is 1. The summed E-state index contributed by atoms with van der Waals surface area (Å²) in [5.74, 6) is 0.773. The zero-order valence-electron chi connectivity index (χ0n) is 8.63. The zero-order valence-corrected chi connectivity index (χ0v) is 10.2. The molecule has 0 aliphatic rings. The normalized spacial score (nSPS) is 9.73. The fraction of sp³-hybridized carbons (Fsp3) is 0.364. The van der Waals surface area contributed by atoms with Crippen molar-refractivity contribution in [2.75, 3.05) is 17.3 Å². The van der Waals surface area contributed by atoms with Crippen LogP contribution in [0.1, 0.15) is 13.3 Å². The lowest BCUT2D eigenvalue weighted by Crippen LogP contribution is -2.11. The molecule has 1 amide bonds. The van der Waals surface area contributed by atoms with Crippen LogP contribution in [0.25, 0.3) is 0 Å². The van der Waals surface area contributed by atoms with Gasteiger partial charge in [0, 0.05) is 23.5 Å². The molecule has 0 aliphatic heterocycles. The number of ether oxygens (including phenoxy) is 1. The molecule has 1 N–H and O–H groups in total. The van der Waals surface area contributed by atoms with Crippen LogP contribution in [0, 0.1) is 0 Å². The van der Waals surface area contributed by atoms with Crippen LogP contribution in [0.3, 0.4) is 0 Å². The van der Waals surface area contributed by atoms with Crippen LogP contribution in [0.5, 0.6) is 5.75 Å². The minimum atomic E-state index is 0.000485. The van der Waals surface area contributed by atoms with Crippen molar-refractivity contribution < 1.29 is 9.53 Å². The lowest BCUT2D eigenvalue weighted by atomic mass is 10.3. The van der Waals surface area contributed by atoms with Gasteiger partial charge in [-0.2, -0.15) is 0 Å². The van der Waals surface area contributed by atoms with E-state index in [1.165, 1.54) is 0 Å². The van der Waals surface area contributed by atoms with Gasteiger partial charge >= 0.3 is 0 Å². The standard InChI is InChI=1S/C11H14BrNO2/c1-2-15-10-5-3-4-9(8-10)13-11(14)6-7-12/h3-5,8H,2,6-7H2,1H3,(H,13,14). The van der Waals surface area contributed by atoms with E-state index in [0.717, 1.165) is 11.4 Å². The fourth-order valence-electron chi connectivity index (χ4n) is 1.14. The van der Waals surface area contributed by atoms with Crippen molar-refractivity contribution in [1.82, 2.24) is 0 Å². The molecular weight excluding hydrogens is 258 g/mol. The Kier molecular flexibility index (Phi) is 5.18. The van der Waals surface area contributed by atoms with Gasteiger partial charge in [-0.25, -0.2) is 0 Å². The van der Waals surface area contributed by atoms with Crippen molar-refractivity contribution in [3.05, 3.63) is 24.3 Å². The molecule has 0 radical (unpaired) electrons. The molecule has 0 saturated carbocycles. The predicted octanol–water partition coefficient (Wildman–Crippen LogP) is 2.81. The van der Waals surface area contributed by atoms with E-state index in [0.29, 0.717) is 18.4 Å². The smallest absolute Gasteiger partial charge is 0.225 e. The van der Waals surface area contributed by atoms with Crippen molar-refractivity contribution in [2.45, 2.75) is 13.3 Å². The van der Waals surface area contributed by atoms with E-state index in [1.807, 2.05) is 31.2 Å². The molecule has 1 aromatic rings. The van der Waals surface area contributed by atoms with Crippen molar-refractivity contribution in [1.29, 1.82) is 0 Å². The van der Waals surface area contributed by atoms with Crippen LogP contribution in [-0.2, 0) is 4.79 Å². The van der Waals surface area contributed by atoms with Gasteiger partial charge in [-0.05, 0) is 19.1 Å². The Hall–Kier alpha value is -1.03. The largest absolute Gasteiger partial charge is 0.494 e. The van der Waals surface area contributed by atoms with Crippen LogP contribution in [0.15, 0.2) is 24.3 Å². The highest BCUT2D eigenvalue weighted by molar-refractivity contribution is 9.09. The summed E-state index contributed by atoms with van der Waals surface area (Å²) in [5.41, 5.74) is 0.770. The molecule has 0 bridgehead atoms. The van der Waals surface area contributed by atoms with E-state index in [-0.39, 0.29) is 5.91 Å². The highest BCUT2D eigenvalue weighted by atomic mass is 79.9. The van der Waals surface area contributed by atoms with Gasteiger partial charge < -0.3 is 10.1 Å². The number of nitrogens with one attached hydrogen (secondary N) is 1. The number of anilines is 1. The Labute approximate surface area is 97.9 Å². The molecule has 0 atom stereocenters. The molecule has 0 fully saturated rings. The second-order valence-electron chi connectivity index (χ2n) is 2.95. The van der Waals surface area contributed by atoms with Crippen LogP contribution in [-0.4, -0.2) is 17.8 Å². The van der Waals surface area contributed by atoms with E-state index < -0.39 is 0 Å². The summed E-state index contributed by atoms with van der Waals surface area (Å²) in [6.07, 6.45) is 0.471. The monoisotopic (exact) mass is 271 g/mol. The maximum atomic E-state index is 11.3. The summed E-state index contributed by atoms with van der Waals surface area (Å²) in [4.78, 5) is 11.3. The average molecular weight is 272 g/mol. The summed E-state index contributed by atoms with van der Waals surface area (Å²) in [7, 11) is 0. The van der Waals surface area contributed by atoms with Gasteiger partial charge in [0.25, 0.3) is 0 Å². The second kappa shape index (κ2) is 6.45. The molecule has 4 heteroatoms. The summed E-state index contributed by atoms with van der Waals surface area (Å²) in [6, 6.07) is 7.38. The van der Waals surface area contributed by atoms with E-state index in [9.17, 15) is 4.79 Å². The van der Waals surface area contributed by atoms with Crippen LogP contribution in [0.4, 0.5) is 5.69 Å². The summed E-state index contributed by atoms with van der Waals surface area (Å²) in [5, 5.41) is 3.46. The zero-order chi connectivity index (χ0) is 11.1. The third-order valence-corrected chi connectivity index (χ3v) is 2.15. The van der Waals surface area contributed by atoms with Gasteiger partial charge in [-0.3, -0.25) is 4.79 Å². The molecular formula is C11H14BrNO2. The fourth-order valence-corrected chi connectivity index (χ4v) is 1.50. The Bertz CT molecular complexity index is 328. The number of amides is 1. The number of hydrogen-bond donors (Lipinski definition) is 1.